The standard InChI is InChI=1S/C12H25N3O4/c1-17-9-10-19-11-14-12(16)13-3-2-4-15-5-7-18-8-6-15/h2-11H2,1H3,(H2,13,14,16). The largest absolute Gasteiger partial charge is 0.382 e. The lowest BCUT2D eigenvalue weighted by molar-refractivity contribution is 0.0375. The van der Waals surface area contributed by atoms with E-state index in [-0.39, 0.29) is 12.8 Å². The number of hydrogen-bond acceptors (Lipinski definition) is 5. The first-order valence-electron chi connectivity index (χ1n) is 6.71. The molecule has 0 aromatic carbocycles. The second kappa shape index (κ2) is 11.0. The van der Waals surface area contributed by atoms with E-state index in [0.29, 0.717) is 19.8 Å². The predicted molar refractivity (Wildman–Crippen MR) is 71.1 cm³/mol. The number of urea groups is 1. The molecule has 0 unspecified atom stereocenters. The first-order chi connectivity index (χ1) is 9.33. The molecule has 0 atom stereocenters. The summed E-state index contributed by atoms with van der Waals surface area (Å²) in [6, 6.07) is -0.195. The lowest BCUT2D eigenvalue weighted by atomic mass is 10.3. The third-order valence-corrected chi connectivity index (χ3v) is 2.81. The van der Waals surface area contributed by atoms with Crippen molar-refractivity contribution >= 4 is 6.03 Å². The lowest BCUT2D eigenvalue weighted by Crippen LogP contribution is -2.40. The van der Waals surface area contributed by atoms with E-state index in [1.54, 1.807) is 7.11 Å². The second-order valence-electron chi connectivity index (χ2n) is 4.29. The molecule has 112 valence electrons. The summed E-state index contributed by atoms with van der Waals surface area (Å²) in [7, 11) is 1.61. The highest BCUT2D eigenvalue weighted by atomic mass is 16.5. The Bertz CT molecular complexity index is 235. The molecule has 1 rings (SSSR count). The average molecular weight is 275 g/mol. The minimum absolute atomic E-state index is 0.195. The van der Waals surface area contributed by atoms with Gasteiger partial charge in [0, 0.05) is 26.7 Å². The summed E-state index contributed by atoms with van der Waals surface area (Å²) in [6.07, 6.45) is 0.942. The van der Waals surface area contributed by atoms with Crippen LogP contribution < -0.4 is 10.6 Å². The van der Waals surface area contributed by atoms with Crippen molar-refractivity contribution in [2.24, 2.45) is 0 Å². The number of ether oxygens (including phenoxy) is 3. The molecular weight excluding hydrogens is 250 g/mol. The minimum Gasteiger partial charge on any atom is -0.382 e. The van der Waals surface area contributed by atoms with E-state index < -0.39 is 0 Å². The number of methoxy groups -OCH3 is 1. The normalized spacial score (nSPS) is 16.3. The maximum atomic E-state index is 11.4. The van der Waals surface area contributed by atoms with Gasteiger partial charge in [-0.1, -0.05) is 0 Å². The van der Waals surface area contributed by atoms with Crippen LogP contribution in [0.4, 0.5) is 4.79 Å². The fourth-order valence-corrected chi connectivity index (χ4v) is 1.72. The molecule has 19 heavy (non-hydrogen) atoms. The third-order valence-electron chi connectivity index (χ3n) is 2.81. The molecule has 1 saturated heterocycles. The summed E-state index contributed by atoms with van der Waals surface area (Å²) < 4.78 is 15.2. The molecule has 0 bridgehead atoms. The van der Waals surface area contributed by atoms with Gasteiger partial charge in [0.25, 0.3) is 0 Å². The van der Waals surface area contributed by atoms with Crippen molar-refractivity contribution in [2.45, 2.75) is 6.42 Å². The Hall–Kier alpha value is -0.890. The monoisotopic (exact) mass is 275 g/mol. The van der Waals surface area contributed by atoms with Crippen LogP contribution in [0.15, 0.2) is 0 Å². The van der Waals surface area contributed by atoms with Crippen molar-refractivity contribution in [3.8, 4) is 0 Å². The zero-order valence-corrected chi connectivity index (χ0v) is 11.7. The Kier molecular flexibility index (Phi) is 9.34. The zero-order chi connectivity index (χ0) is 13.8. The van der Waals surface area contributed by atoms with Crippen molar-refractivity contribution in [3.63, 3.8) is 0 Å². The number of carbonyl (C=O) groups excluding carboxylic acids is 1. The molecule has 1 aliphatic rings. The average Bonchev–Trinajstić information content (AvgIpc) is 2.44. The fraction of sp³-hybridized carbons (Fsp3) is 0.917. The number of rotatable bonds is 9. The van der Waals surface area contributed by atoms with Crippen LogP contribution in [-0.4, -0.2) is 77.4 Å². The summed E-state index contributed by atoms with van der Waals surface area (Å²) in [5.41, 5.74) is 0. The summed E-state index contributed by atoms with van der Waals surface area (Å²) in [4.78, 5) is 13.7. The van der Waals surface area contributed by atoms with E-state index in [4.69, 9.17) is 14.2 Å². The number of amides is 2. The Morgan fingerprint density at radius 3 is 2.79 bits per heavy atom. The van der Waals surface area contributed by atoms with Crippen molar-refractivity contribution in [1.82, 2.24) is 15.5 Å². The van der Waals surface area contributed by atoms with E-state index in [0.717, 1.165) is 39.3 Å². The molecule has 2 N–H and O–H groups in total. The van der Waals surface area contributed by atoms with Gasteiger partial charge in [-0.2, -0.15) is 0 Å². The molecule has 1 heterocycles. The van der Waals surface area contributed by atoms with Crippen molar-refractivity contribution < 1.29 is 19.0 Å². The molecule has 7 nitrogen and oxygen atoms in total. The Labute approximate surface area is 114 Å². The van der Waals surface area contributed by atoms with Crippen molar-refractivity contribution in [1.29, 1.82) is 0 Å². The van der Waals surface area contributed by atoms with E-state index >= 15 is 0 Å². The molecule has 7 heteroatoms. The summed E-state index contributed by atoms with van der Waals surface area (Å²) in [5, 5.41) is 5.41. The molecule has 0 spiro atoms. The van der Waals surface area contributed by atoms with Gasteiger partial charge in [0.1, 0.15) is 6.73 Å². The van der Waals surface area contributed by atoms with Gasteiger partial charge in [-0.3, -0.25) is 4.90 Å². The zero-order valence-electron chi connectivity index (χ0n) is 11.7. The van der Waals surface area contributed by atoms with Gasteiger partial charge in [-0.25, -0.2) is 4.79 Å². The molecule has 0 saturated carbocycles. The highest BCUT2D eigenvalue weighted by Gasteiger charge is 2.09. The van der Waals surface area contributed by atoms with Crippen LogP contribution in [0.1, 0.15) is 6.42 Å². The predicted octanol–water partition coefficient (Wildman–Crippen LogP) is -0.372. The number of morpholine rings is 1. The molecule has 1 fully saturated rings. The van der Waals surface area contributed by atoms with Gasteiger partial charge in [-0.15, -0.1) is 0 Å². The van der Waals surface area contributed by atoms with Crippen LogP contribution in [0, 0.1) is 0 Å². The molecule has 0 aliphatic carbocycles. The molecular formula is C12H25N3O4. The van der Waals surface area contributed by atoms with Gasteiger partial charge in [0.2, 0.25) is 0 Å². The molecule has 0 radical (unpaired) electrons. The summed E-state index contributed by atoms with van der Waals surface area (Å²) >= 11 is 0. The van der Waals surface area contributed by atoms with Gasteiger partial charge in [0.15, 0.2) is 0 Å². The summed E-state index contributed by atoms with van der Waals surface area (Å²) in [5.74, 6) is 0. The maximum Gasteiger partial charge on any atom is 0.316 e. The highest BCUT2D eigenvalue weighted by Crippen LogP contribution is 1.97. The van der Waals surface area contributed by atoms with Crippen LogP contribution in [-0.2, 0) is 14.2 Å². The van der Waals surface area contributed by atoms with Crippen LogP contribution in [0.5, 0.6) is 0 Å². The Morgan fingerprint density at radius 2 is 2.05 bits per heavy atom. The Morgan fingerprint density at radius 1 is 1.26 bits per heavy atom. The number of nitrogens with one attached hydrogen (secondary N) is 2. The first-order valence-corrected chi connectivity index (χ1v) is 6.71. The maximum absolute atomic E-state index is 11.4. The van der Waals surface area contributed by atoms with Gasteiger partial charge in [0.05, 0.1) is 26.4 Å². The molecule has 1 aliphatic heterocycles. The first kappa shape index (κ1) is 16.2. The SMILES string of the molecule is COCCOCNC(=O)NCCCN1CCOCC1. The van der Waals surface area contributed by atoms with Gasteiger partial charge >= 0.3 is 6.03 Å². The van der Waals surface area contributed by atoms with Gasteiger partial charge < -0.3 is 24.8 Å². The van der Waals surface area contributed by atoms with E-state index in [1.165, 1.54) is 0 Å². The van der Waals surface area contributed by atoms with Gasteiger partial charge in [-0.05, 0) is 13.0 Å². The fourth-order valence-electron chi connectivity index (χ4n) is 1.72. The highest BCUT2D eigenvalue weighted by molar-refractivity contribution is 5.73. The van der Waals surface area contributed by atoms with Crippen LogP contribution in [0.2, 0.25) is 0 Å². The van der Waals surface area contributed by atoms with E-state index in [1.807, 2.05) is 0 Å². The van der Waals surface area contributed by atoms with Crippen LogP contribution in [0.3, 0.4) is 0 Å². The number of hydrogen-bond donors (Lipinski definition) is 2. The van der Waals surface area contributed by atoms with E-state index in [9.17, 15) is 4.79 Å². The Balaban J connectivity index is 1.86. The van der Waals surface area contributed by atoms with Crippen LogP contribution >= 0.6 is 0 Å². The molecule has 0 aromatic rings. The number of carbonyl (C=O) groups is 1. The molecule has 2 amide bonds. The van der Waals surface area contributed by atoms with E-state index in [2.05, 4.69) is 15.5 Å². The minimum atomic E-state index is -0.195. The van der Waals surface area contributed by atoms with Crippen molar-refractivity contribution in [2.75, 3.05) is 66.4 Å². The van der Waals surface area contributed by atoms with Crippen LogP contribution in [0.25, 0.3) is 0 Å². The smallest absolute Gasteiger partial charge is 0.316 e. The summed E-state index contributed by atoms with van der Waals surface area (Å²) in [6.45, 7) is 6.48. The third kappa shape index (κ3) is 8.77. The molecule has 0 aromatic heterocycles. The van der Waals surface area contributed by atoms with Crippen molar-refractivity contribution in [3.05, 3.63) is 0 Å². The topological polar surface area (TPSA) is 72.1 Å². The quantitative estimate of drug-likeness (QED) is 0.444. The lowest BCUT2D eigenvalue weighted by Gasteiger charge is -2.26. The second-order valence-corrected chi connectivity index (χ2v) is 4.29. The number of nitrogens with zero attached hydrogens (tertiary/aromatic N) is 1.